The van der Waals surface area contributed by atoms with Gasteiger partial charge in [-0.3, -0.25) is 9.89 Å². The van der Waals surface area contributed by atoms with Crippen molar-refractivity contribution in [3.05, 3.63) is 75.7 Å². The molecule has 3 rings (SSSR count). The first-order valence-corrected chi connectivity index (χ1v) is 10.4. The largest absolute Gasteiger partial charge is 0.295 e. The fourth-order valence-electron chi connectivity index (χ4n) is 2.99. The molecule has 2 aromatic carbocycles. The van der Waals surface area contributed by atoms with Crippen LogP contribution in [0.4, 0.5) is 5.69 Å². The predicted molar refractivity (Wildman–Crippen MR) is 114 cm³/mol. The van der Waals surface area contributed by atoms with Crippen LogP contribution in [0.2, 0.25) is 0 Å². The summed E-state index contributed by atoms with van der Waals surface area (Å²) in [5, 5.41) is 8.13. The van der Waals surface area contributed by atoms with Crippen LogP contribution >= 0.6 is 0 Å². The van der Waals surface area contributed by atoms with Gasteiger partial charge >= 0.3 is 0 Å². The minimum absolute atomic E-state index is 0.0942. The van der Waals surface area contributed by atoms with Crippen LogP contribution in [0.1, 0.15) is 23.7 Å². The molecule has 0 amide bonds. The van der Waals surface area contributed by atoms with Crippen molar-refractivity contribution in [1.29, 1.82) is 0 Å². The van der Waals surface area contributed by atoms with Crippen molar-refractivity contribution < 1.29 is 8.42 Å². The molecule has 0 atom stereocenters. The Bertz CT molecular complexity index is 1270. The van der Waals surface area contributed by atoms with Crippen LogP contribution in [0, 0.1) is 6.92 Å². The van der Waals surface area contributed by atoms with Crippen LogP contribution < -0.4 is 10.7 Å². The second kappa shape index (κ2) is 7.98. The van der Waals surface area contributed by atoms with E-state index in [1.165, 1.54) is 22.9 Å². The molecule has 0 fully saturated rings. The van der Waals surface area contributed by atoms with Crippen molar-refractivity contribution in [2.24, 2.45) is 15.1 Å². The number of H-pyrrole nitrogens is 1. The number of aromatic nitrogens is 2. The molecule has 0 saturated carbocycles. The third-order valence-corrected chi connectivity index (χ3v) is 5.36. The van der Waals surface area contributed by atoms with E-state index in [9.17, 15) is 13.2 Å². The Balaban J connectivity index is 2.16. The van der Waals surface area contributed by atoms with E-state index >= 15 is 0 Å². The SMILES string of the molecule is C=NC(=Nc1ccccc1CC)c1c(C)[nH]n(-c2cccc(S(N)(=O)=O)c2)c1=O. The number of para-hydroxylation sites is 1. The molecule has 9 heteroatoms. The Labute approximate surface area is 168 Å². The van der Waals surface area contributed by atoms with E-state index in [4.69, 9.17) is 5.14 Å². The fourth-order valence-corrected chi connectivity index (χ4v) is 3.55. The minimum atomic E-state index is -3.90. The molecule has 0 radical (unpaired) electrons. The fraction of sp³-hybridized carbons (Fsp3) is 0.150. The second-order valence-corrected chi connectivity index (χ2v) is 7.93. The Morgan fingerprint density at radius 1 is 1.21 bits per heavy atom. The number of aliphatic imine (C=N–C) groups is 2. The molecule has 8 nitrogen and oxygen atoms in total. The molecule has 0 bridgehead atoms. The van der Waals surface area contributed by atoms with E-state index in [0.717, 1.165) is 12.0 Å². The smallest absolute Gasteiger partial charge is 0.282 e. The number of amidine groups is 1. The molecule has 1 aromatic heterocycles. The van der Waals surface area contributed by atoms with Crippen LogP contribution in [0.3, 0.4) is 0 Å². The first kappa shape index (κ1) is 20.4. The van der Waals surface area contributed by atoms with Gasteiger partial charge in [0.05, 0.1) is 16.3 Å². The van der Waals surface area contributed by atoms with Gasteiger partial charge < -0.3 is 0 Å². The Kier molecular flexibility index (Phi) is 5.62. The topological polar surface area (TPSA) is 123 Å². The van der Waals surface area contributed by atoms with Crippen LogP contribution in [-0.2, 0) is 16.4 Å². The summed E-state index contributed by atoms with van der Waals surface area (Å²) in [6.45, 7) is 7.29. The van der Waals surface area contributed by atoms with Crippen LogP contribution in [-0.4, -0.2) is 30.8 Å². The molecule has 0 aliphatic carbocycles. The van der Waals surface area contributed by atoms with E-state index in [2.05, 4.69) is 21.8 Å². The summed E-state index contributed by atoms with van der Waals surface area (Å²) in [7, 11) is -3.90. The van der Waals surface area contributed by atoms with Crippen LogP contribution in [0.5, 0.6) is 0 Å². The maximum absolute atomic E-state index is 13.1. The molecular weight excluding hydrogens is 390 g/mol. The average Bonchev–Trinajstić information content (AvgIpc) is 3.00. The lowest BCUT2D eigenvalue weighted by Gasteiger charge is -2.04. The Morgan fingerprint density at radius 2 is 1.93 bits per heavy atom. The molecule has 29 heavy (non-hydrogen) atoms. The van der Waals surface area contributed by atoms with Crippen molar-refractivity contribution in [3.63, 3.8) is 0 Å². The highest BCUT2D eigenvalue weighted by Gasteiger charge is 2.19. The highest BCUT2D eigenvalue weighted by molar-refractivity contribution is 7.89. The standard InChI is InChI=1S/C20H21N5O3S/c1-4-14-8-5-6-11-17(14)23-19(22-3)18-13(2)24-25(20(18)26)15-9-7-10-16(12-15)29(21,27)28/h5-12,24H,3-4H2,1-2H3,(H2,21,27,28). The summed E-state index contributed by atoms with van der Waals surface area (Å²) in [5.74, 6) is 0.186. The van der Waals surface area contributed by atoms with Crippen LogP contribution in [0.25, 0.3) is 5.69 Å². The van der Waals surface area contributed by atoms with Crippen LogP contribution in [0.15, 0.2) is 68.2 Å². The van der Waals surface area contributed by atoms with Gasteiger partial charge in [-0.1, -0.05) is 31.2 Å². The number of nitrogens with zero attached hydrogens (tertiary/aromatic N) is 3. The lowest BCUT2D eigenvalue weighted by molar-refractivity contribution is 0.597. The quantitative estimate of drug-likeness (QED) is 0.495. The summed E-state index contributed by atoms with van der Waals surface area (Å²) in [4.78, 5) is 21.5. The molecule has 0 aliphatic heterocycles. The van der Waals surface area contributed by atoms with Crippen molar-refractivity contribution in [3.8, 4) is 5.69 Å². The summed E-state index contributed by atoms with van der Waals surface area (Å²) in [6, 6.07) is 13.4. The van der Waals surface area contributed by atoms with Crippen molar-refractivity contribution in [2.75, 3.05) is 0 Å². The lowest BCUT2D eigenvalue weighted by Crippen LogP contribution is -2.20. The van der Waals surface area contributed by atoms with E-state index in [1.807, 2.05) is 31.2 Å². The van der Waals surface area contributed by atoms with Gasteiger partial charge in [0.25, 0.3) is 5.56 Å². The van der Waals surface area contributed by atoms with E-state index < -0.39 is 15.6 Å². The molecule has 0 aliphatic rings. The summed E-state index contributed by atoms with van der Waals surface area (Å²) in [6.07, 6.45) is 0.779. The maximum Gasteiger partial charge on any atom is 0.282 e. The van der Waals surface area contributed by atoms with Gasteiger partial charge in [-0.05, 0) is 49.9 Å². The average molecular weight is 411 g/mol. The molecular formula is C20H21N5O3S. The molecule has 150 valence electrons. The van der Waals surface area contributed by atoms with Gasteiger partial charge in [-0.25, -0.2) is 28.2 Å². The van der Waals surface area contributed by atoms with Gasteiger partial charge in [-0.15, -0.1) is 0 Å². The number of primary sulfonamides is 1. The van der Waals surface area contributed by atoms with Crippen molar-refractivity contribution in [1.82, 2.24) is 9.78 Å². The number of nitrogens with one attached hydrogen (secondary N) is 1. The number of rotatable bonds is 5. The number of hydrogen-bond donors (Lipinski definition) is 2. The normalized spacial score (nSPS) is 12.2. The van der Waals surface area contributed by atoms with Gasteiger partial charge in [0.2, 0.25) is 10.0 Å². The third-order valence-electron chi connectivity index (χ3n) is 4.45. The number of benzene rings is 2. The number of aromatic amines is 1. The summed E-state index contributed by atoms with van der Waals surface area (Å²) >= 11 is 0. The number of hydrogen-bond acceptors (Lipinski definition) is 4. The number of nitrogens with two attached hydrogens (primary N) is 1. The van der Waals surface area contributed by atoms with E-state index in [0.29, 0.717) is 17.1 Å². The first-order valence-electron chi connectivity index (χ1n) is 8.84. The molecule has 0 spiro atoms. The highest BCUT2D eigenvalue weighted by atomic mass is 32.2. The highest BCUT2D eigenvalue weighted by Crippen LogP contribution is 2.21. The Hall–Kier alpha value is -3.30. The van der Waals surface area contributed by atoms with Crippen molar-refractivity contribution in [2.45, 2.75) is 25.2 Å². The molecule has 1 heterocycles. The molecule has 3 aromatic rings. The van der Waals surface area contributed by atoms with Gasteiger partial charge in [0.15, 0.2) is 5.84 Å². The van der Waals surface area contributed by atoms with E-state index in [1.54, 1.807) is 13.0 Å². The monoisotopic (exact) mass is 411 g/mol. The van der Waals surface area contributed by atoms with E-state index in [-0.39, 0.29) is 16.3 Å². The molecule has 0 unspecified atom stereocenters. The zero-order valence-corrected chi connectivity index (χ0v) is 16.9. The predicted octanol–water partition coefficient (Wildman–Crippen LogP) is 2.46. The number of aryl methyl sites for hydroxylation is 2. The molecule has 3 N–H and O–H groups in total. The Morgan fingerprint density at radius 3 is 2.59 bits per heavy atom. The maximum atomic E-state index is 13.1. The third kappa shape index (κ3) is 4.10. The van der Waals surface area contributed by atoms with Gasteiger partial charge in [0, 0.05) is 5.69 Å². The zero-order valence-electron chi connectivity index (χ0n) is 16.1. The second-order valence-electron chi connectivity index (χ2n) is 6.37. The summed E-state index contributed by atoms with van der Waals surface area (Å²) < 4.78 is 24.5. The van der Waals surface area contributed by atoms with Gasteiger partial charge in [-0.2, -0.15) is 0 Å². The lowest BCUT2D eigenvalue weighted by atomic mass is 10.1. The van der Waals surface area contributed by atoms with Gasteiger partial charge in [0.1, 0.15) is 5.56 Å². The number of sulfonamides is 1. The summed E-state index contributed by atoms with van der Waals surface area (Å²) in [5.41, 5.74) is 2.41. The zero-order chi connectivity index (χ0) is 21.2. The molecule has 0 saturated heterocycles. The first-order chi connectivity index (χ1) is 13.8. The van der Waals surface area contributed by atoms with Crippen molar-refractivity contribution >= 4 is 28.3 Å². The minimum Gasteiger partial charge on any atom is -0.295 e.